The van der Waals surface area contributed by atoms with Crippen molar-refractivity contribution in [3.8, 4) is 11.8 Å². The predicted molar refractivity (Wildman–Crippen MR) is 63.5 cm³/mol. The molecular formula is C14H16O. The fourth-order valence-corrected chi connectivity index (χ4v) is 0.937. The second-order valence-corrected chi connectivity index (χ2v) is 3.97. The minimum atomic E-state index is -1.11. The van der Waals surface area contributed by atoms with Crippen LogP contribution >= 0.6 is 0 Å². The molecule has 0 bridgehead atoms. The van der Waals surface area contributed by atoms with Crippen LogP contribution in [-0.4, -0.2) is 10.7 Å². The molecule has 0 saturated heterocycles. The molecule has 0 heterocycles. The number of hydrogen-bond acceptors (Lipinski definition) is 1. The van der Waals surface area contributed by atoms with Crippen molar-refractivity contribution in [3.63, 3.8) is 0 Å². The lowest BCUT2D eigenvalue weighted by molar-refractivity contribution is 0.161. The maximum Gasteiger partial charge on any atom is 0.144 e. The lowest BCUT2D eigenvalue weighted by Crippen LogP contribution is -2.22. The third-order valence-corrected chi connectivity index (χ3v) is 2.33. The summed E-state index contributed by atoms with van der Waals surface area (Å²) in [6, 6.07) is 7.88. The van der Waals surface area contributed by atoms with Crippen molar-refractivity contribution in [3.05, 3.63) is 47.5 Å². The summed E-state index contributed by atoms with van der Waals surface area (Å²) in [5.74, 6) is 5.73. The Morgan fingerprint density at radius 2 is 1.87 bits per heavy atom. The van der Waals surface area contributed by atoms with Crippen LogP contribution in [0.25, 0.3) is 0 Å². The third-order valence-electron chi connectivity index (χ3n) is 2.33. The minimum Gasteiger partial charge on any atom is -0.374 e. The molecule has 1 rings (SSSR count). The Kier molecular flexibility index (Phi) is 3.34. The zero-order valence-corrected chi connectivity index (χ0v) is 9.46. The molecule has 15 heavy (non-hydrogen) atoms. The van der Waals surface area contributed by atoms with Crippen molar-refractivity contribution in [1.29, 1.82) is 0 Å². The van der Waals surface area contributed by atoms with Crippen LogP contribution in [-0.2, 0) is 0 Å². The smallest absolute Gasteiger partial charge is 0.144 e. The lowest BCUT2D eigenvalue weighted by Gasteiger charge is -2.15. The van der Waals surface area contributed by atoms with Gasteiger partial charge in [0.1, 0.15) is 5.60 Å². The van der Waals surface area contributed by atoms with Gasteiger partial charge in [-0.15, -0.1) is 0 Å². The highest BCUT2D eigenvalue weighted by atomic mass is 16.3. The summed E-state index contributed by atoms with van der Waals surface area (Å²) in [5.41, 5.74) is 1.65. The molecule has 1 N–H and O–H groups in total. The summed E-state index contributed by atoms with van der Waals surface area (Å²) in [4.78, 5) is 0. The summed E-state index contributed by atoms with van der Waals surface area (Å²) in [5, 5.41) is 9.83. The molecule has 1 nitrogen and oxygen atoms in total. The summed E-state index contributed by atoms with van der Waals surface area (Å²) in [7, 11) is 0. The van der Waals surface area contributed by atoms with E-state index >= 15 is 0 Å². The SMILES string of the molecule is C=C(C)C(C)(O)C#Cc1ccc(C)cc1. The van der Waals surface area contributed by atoms with E-state index in [0.29, 0.717) is 5.57 Å². The Bertz CT molecular complexity index is 413. The monoisotopic (exact) mass is 200 g/mol. The van der Waals surface area contributed by atoms with Gasteiger partial charge in [0, 0.05) is 5.56 Å². The topological polar surface area (TPSA) is 20.2 Å². The molecule has 0 aliphatic rings. The molecule has 0 aliphatic carbocycles. The van der Waals surface area contributed by atoms with Gasteiger partial charge >= 0.3 is 0 Å². The zero-order valence-electron chi connectivity index (χ0n) is 9.46. The highest BCUT2D eigenvalue weighted by Crippen LogP contribution is 2.12. The van der Waals surface area contributed by atoms with Gasteiger partial charge in [0.05, 0.1) is 0 Å². The standard InChI is InChI=1S/C14H16O/c1-11(2)14(4,15)10-9-13-7-5-12(3)6-8-13/h5-8,15H,1H2,2-4H3. The fraction of sp³-hybridized carbons (Fsp3) is 0.286. The van der Waals surface area contributed by atoms with Gasteiger partial charge in [-0.2, -0.15) is 0 Å². The van der Waals surface area contributed by atoms with Crippen molar-refractivity contribution < 1.29 is 5.11 Å². The average Bonchev–Trinajstić information content (AvgIpc) is 2.17. The zero-order chi connectivity index (χ0) is 11.5. The molecule has 0 amide bonds. The second kappa shape index (κ2) is 4.33. The first kappa shape index (κ1) is 11.6. The lowest BCUT2D eigenvalue weighted by atomic mass is 9.99. The third kappa shape index (κ3) is 3.27. The van der Waals surface area contributed by atoms with Crippen LogP contribution in [0.2, 0.25) is 0 Å². The van der Waals surface area contributed by atoms with Crippen LogP contribution in [0.15, 0.2) is 36.4 Å². The highest BCUT2D eigenvalue weighted by molar-refractivity contribution is 5.39. The van der Waals surface area contributed by atoms with Gasteiger partial charge in [0.2, 0.25) is 0 Å². The molecule has 1 aromatic rings. The molecule has 78 valence electrons. The Hall–Kier alpha value is -1.52. The number of aryl methyl sites for hydroxylation is 1. The average molecular weight is 200 g/mol. The molecule has 0 saturated carbocycles. The normalized spacial score (nSPS) is 13.6. The quantitative estimate of drug-likeness (QED) is 0.546. The van der Waals surface area contributed by atoms with Crippen molar-refractivity contribution in [1.82, 2.24) is 0 Å². The molecule has 0 fully saturated rings. The maximum absolute atomic E-state index is 9.83. The first-order chi connectivity index (χ1) is 6.92. The molecule has 1 unspecified atom stereocenters. The van der Waals surface area contributed by atoms with E-state index in [0.717, 1.165) is 5.56 Å². The summed E-state index contributed by atoms with van der Waals surface area (Å²) in [6.45, 7) is 9.15. The van der Waals surface area contributed by atoms with Crippen LogP contribution in [0.1, 0.15) is 25.0 Å². The Morgan fingerprint density at radius 1 is 1.33 bits per heavy atom. The second-order valence-electron chi connectivity index (χ2n) is 3.97. The molecule has 0 aliphatic heterocycles. The van der Waals surface area contributed by atoms with Gasteiger partial charge in [-0.3, -0.25) is 0 Å². The van der Waals surface area contributed by atoms with E-state index in [-0.39, 0.29) is 0 Å². The van der Waals surface area contributed by atoms with Crippen LogP contribution in [0.5, 0.6) is 0 Å². The van der Waals surface area contributed by atoms with E-state index in [2.05, 4.69) is 18.4 Å². The molecular weight excluding hydrogens is 184 g/mol. The van der Waals surface area contributed by atoms with Crippen molar-refractivity contribution in [2.24, 2.45) is 0 Å². The molecule has 1 heteroatoms. The van der Waals surface area contributed by atoms with E-state index in [1.807, 2.05) is 31.2 Å². The van der Waals surface area contributed by atoms with Crippen molar-refractivity contribution >= 4 is 0 Å². The first-order valence-electron chi connectivity index (χ1n) is 4.90. The van der Waals surface area contributed by atoms with E-state index in [9.17, 15) is 5.11 Å². The summed E-state index contributed by atoms with van der Waals surface area (Å²) >= 11 is 0. The molecule has 0 aromatic heterocycles. The number of aliphatic hydroxyl groups is 1. The van der Waals surface area contributed by atoms with Gasteiger partial charge in [-0.25, -0.2) is 0 Å². The number of benzene rings is 1. The number of hydrogen-bond donors (Lipinski definition) is 1. The van der Waals surface area contributed by atoms with Gasteiger partial charge in [-0.1, -0.05) is 36.1 Å². The fourth-order valence-electron chi connectivity index (χ4n) is 0.937. The van der Waals surface area contributed by atoms with Gasteiger partial charge < -0.3 is 5.11 Å². The maximum atomic E-state index is 9.83. The first-order valence-corrected chi connectivity index (χ1v) is 4.90. The largest absolute Gasteiger partial charge is 0.374 e. The van der Waals surface area contributed by atoms with Gasteiger partial charge in [-0.05, 0) is 38.5 Å². The minimum absolute atomic E-state index is 0.655. The Balaban J connectivity index is 2.91. The van der Waals surface area contributed by atoms with E-state index < -0.39 is 5.60 Å². The molecule has 0 radical (unpaired) electrons. The number of rotatable bonds is 1. The molecule has 1 atom stereocenters. The van der Waals surface area contributed by atoms with Crippen molar-refractivity contribution in [2.75, 3.05) is 0 Å². The van der Waals surface area contributed by atoms with Crippen molar-refractivity contribution in [2.45, 2.75) is 26.4 Å². The van der Waals surface area contributed by atoms with Gasteiger partial charge in [0.15, 0.2) is 0 Å². The van der Waals surface area contributed by atoms with Crippen LogP contribution in [0, 0.1) is 18.8 Å². The van der Waals surface area contributed by atoms with Crippen LogP contribution in [0.4, 0.5) is 0 Å². The van der Waals surface area contributed by atoms with E-state index in [1.54, 1.807) is 13.8 Å². The molecule has 1 aromatic carbocycles. The van der Waals surface area contributed by atoms with E-state index in [1.165, 1.54) is 5.56 Å². The Morgan fingerprint density at radius 3 is 2.33 bits per heavy atom. The van der Waals surface area contributed by atoms with Crippen LogP contribution < -0.4 is 0 Å². The summed E-state index contributed by atoms with van der Waals surface area (Å²) in [6.07, 6.45) is 0. The summed E-state index contributed by atoms with van der Waals surface area (Å²) < 4.78 is 0. The molecule has 0 spiro atoms. The van der Waals surface area contributed by atoms with Crippen LogP contribution in [0.3, 0.4) is 0 Å². The van der Waals surface area contributed by atoms with Gasteiger partial charge in [0.25, 0.3) is 0 Å². The van der Waals surface area contributed by atoms with E-state index in [4.69, 9.17) is 0 Å². The highest BCUT2D eigenvalue weighted by Gasteiger charge is 2.16. The Labute approximate surface area is 91.5 Å². The predicted octanol–water partition coefficient (Wildman–Crippen LogP) is 2.67.